The lowest BCUT2D eigenvalue weighted by Crippen LogP contribution is -2.18. The van der Waals surface area contributed by atoms with Crippen molar-refractivity contribution < 1.29 is 0 Å². The summed E-state index contributed by atoms with van der Waals surface area (Å²) in [5.41, 5.74) is 2.70. The minimum atomic E-state index is 0.0381. The van der Waals surface area contributed by atoms with Crippen LogP contribution in [0.1, 0.15) is 79.3 Å². The summed E-state index contributed by atoms with van der Waals surface area (Å²) in [6.45, 7) is 19.3. The van der Waals surface area contributed by atoms with Crippen LogP contribution in [-0.4, -0.2) is 19.9 Å². The zero-order valence-corrected chi connectivity index (χ0v) is 16.7. The highest BCUT2D eigenvalue weighted by Gasteiger charge is 2.19. The molecule has 0 atom stereocenters. The Morgan fingerprint density at radius 3 is 1.21 bits per heavy atom. The Balaban J connectivity index is 0.000000254. The van der Waals surface area contributed by atoms with Crippen molar-refractivity contribution in [1.29, 1.82) is 0 Å². The van der Waals surface area contributed by atoms with Crippen molar-refractivity contribution in [3.8, 4) is 0 Å². The van der Waals surface area contributed by atoms with Crippen LogP contribution in [0.3, 0.4) is 0 Å². The first-order chi connectivity index (χ1) is 10.8. The molecule has 0 aromatic carbocycles. The monoisotopic (exact) mass is 328 g/mol. The molecule has 2 aromatic heterocycles. The molecule has 0 saturated carbocycles. The van der Waals surface area contributed by atoms with Crippen LogP contribution in [0.15, 0.2) is 31.1 Å². The van der Waals surface area contributed by atoms with Gasteiger partial charge in [-0.1, -0.05) is 62.3 Å². The molecular formula is C20H32N4. The molecule has 24 heavy (non-hydrogen) atoms. The molecule has 132 valence electrons. The van der Waals surface area contributed by atoms with Gasteiger partial charge in [0.25, 0.3) is 0 Å². The van der Waals surface area contributed by atoms with Crippen LogP contribution in [0.5, 0.6) is 0 Å². The summed E-state index contributed by atoms with van der Waals surface area (Å²) in [6.07, 6.45) is 9.14. The molecule has 2 aromatic rings. The molecule has 2 heterocycles. The van der Waals surface area contributed by atoms with Crippen LogP contribution >= 0.6 is 0 Å². The summed E-state index contributed by atoms with van der Waals surface area (Å²) in [5, 5.41) is 0. The lowest BCUT2D eigenvalue weighted by molar-refractivity contribution is 0.532. The number of hydrogen-bond acceptors (Lipinski definition) is 4. The first kappa shape index (κ1) is 20.2. The summed E-state index contributed by atoms with van der Waals surface area (Å²) in [7, 11) is 0. The highest BCUT2D eigenvalue weighted by Crippen LogP contribution is 2.23. The van der Waals surface area contributed by atoms with Gasteiger partial charge in [-0.25, -0.2) is 19.9 Å². The topological polar surface area (TPSA) is 51.6 Å². The molecule has 0 amide bonds. The molecule has 4 nitrogen and oxygen atoms in total. The molecule has 0 fully saturated rings. The second-order valence-corrected chi connectivity index (χ2v) is 9.17. The third kappa shape index (κ3) is 6.34. The largest absolute Gasteiger partial charge is 0.245 e. The van der Waals surface area contributed by atoms with Crippen molar-refractivity contribution in [2.45, 2.75) is 78.6 Å². The Morgan fingerprint density at radius 2 is 0.917 bits per heavy atom. The van der Waals surface area contributed by atoms with E-state index in [0.29, 0.717) is 0 Å². The SMILES string of the molecule is CC(C)(C)c1cnc(C(C)(C)C)nc1.CC(C)(C)c1cncnc1. The molecule has 0 aliphatic rings. The van der Waals surface area contributed by atoms with Crippen molar-refractivity contribution in [3.63, 3.8) is 0 Å². The van der Waals surface area contributed by atoms with Crippen molar-refractivity contribution in [2.24, 2.45) is 0 Å². The molecule has 0 radical (unpaired) electrons. The second kappa shape index (κ2) is 7.37. The van der Waals surface area contributed by atoms with Gasteiger partial charge in [0.15, 0.2) is 0 Å². The Bertz CT molecular complexity index is 579. The second-order valence-electron chi connectivity index (χ2n) is 9.17. The smallest absolute Gasteiger partial charge is 0.133 e. The van der Waals surface area contributed by atoms with Gasteiger partial charge in [0.05, 0.1) is 0 Å². The molecule has 0 aliphatic heterocycles. The molecule has 0 spiro atoms. The number of hydrogen-bond donors (Lipinski definition) is 0. The van der Waals surface area contributed by atoms with Crippen molar-refractivity contribution >= 4 is 0 Å². The molecule has 0 aliphatic carbocycles. The highest BCUT2D eigenvalue weighted by atomic mass is 14.9. The van der Waals surface area contributed by atoms with E-state index in [1.807, 2.05) is 24.8 Å². The lowest BCUT2D eigenvalue weighted by Gasteiger charge is -2.20. The maximum absolute atomic E-state index is 4.41. The van der Waals surface area contributed by atoms with Gasteiger partial charge in [-0.15, -0.1) is 0 Å². The molecule has 0 bridgehead atoms. The van der Waals surface area contributed by atoms with Crippen LogP contribution in [0, 0.1) is 0 Å². The van der Waals surface area contributed by atoms with Gasteiger partial charge in [-0.3, -0.25) is 0 Å². The van der Waals surface area contributed by atoms with E-state index in [4.69, 9.17) is 0 Å². The standard InChI is InChI=1S/C12H20N2.C8H12N2/c1-11(2,3)9-7-13-10(14-8-9)12(4,5)6;1-8(2,3)7-4-9-6-10-5-7/h7-8H,1-6H3;4-6H,1-3H3. The van der Waals surface area contributed by atoms with Gasteiger partial charge < -0.3 is 0 Å². The molecule has 4 heteroatoms. The molecule has 0 N–H and O–H groups in total. The third-order valence-electron chi connectivity index (χ3n) is 3.62. The molecular weight excluding hydrogens is 296 g/mol. The maximum Gasteiger partial charge on any atom is 0.133 e. The first-order valence-corrected chi connectivity index (χ1v) is 8.40. The average Bonchev–Trinajstić information content (AvgIpc) is 2.46. The summed E-state index contributed by atoms with van der Waals surface area (Å²) < 4.78 is 0. The zero-order valence-electron chi connectivity index (χ0n) is 16.7. The van der Waals surface area contributed by atoms with Crippen molar-refractivity contribution in [1.82, 2.24) is 19.9 Å². The Hall–Kier alpha value is -1.84. The first-order valence-electron chi connectivity index (χ1n) is 8.40. The Labute approximate surface area is 147 Å². The van der Waals surface area contributed by atoms with E-state index in [0.717, 1.165) is 5.82 Å². The number of aromatic nitrogens is 4. The predicted molar refractivity (Wildman–Crippen MR) is 100 cm³/mol. The highest BCUT2D eigenvalue weighted by molar-refractivity contribution is 5.17. The van der Waals surface area contributed by atoms with Gasteiger partial charge in [-0.2, -0.15) is 0 Å². The van der Waals surface area contributed by atoms with Gasteiger partial charge >= 0.3 is 0 Å². The van der Waals surface area contributed by atoms with E-state index >= 15 is 0 Å². The fraction of sp³-hybridized carbons (Fsp3) is 0.600. The lowest BCUT2D eigenvalue weighted by atomic mass is 9.89. The average molecular weight is 329 g/mol. The van der Waals surface area contributed by atoms with E-state index in [9.17, 15) is 0 Å². The zero-order chi connectivity index (χ0) is 18.6. The fourth-order valence-corrected chi connectivity index (χ4v) is 1.79. The third-order valence-corrected chi connectivity index (χ3v) is 3.62. The normalized spacial score (nSPS) is 12.4. The van der Waals surface area contributed by atoms with E-state index in [2.05, 4.69) is 82.2 Å². The van der Waals surface area contributed by atoms with Crippen LogP contribution in [0.2, 0.25) is 0 Å². The summed E-state index contributed by atoms with van der Waals surface area (Å²) in [5.74, 6) is 0.908. The number of rotatable bonds is 0. The molecule has 0 saturated heterocycles. The predicted octanol–water partition coefficient (Wildman–Crippen LogP) is 4.85. The number of nitrogens with zero attached hydrogens (tertiary/aromatic N) is 4. The van der Waals surface area contributed by atoms with Crippen LogP contribution < -0.4 is 0 Å². The van der Waals surface area contributed by atoms with Crippen LogP contribution in [0.4, 0.5) is 0 Å². The van der Waals surface area contributed by atoms with Crippen LogP contribution in [-0.2, 0) is 16.2 Å². The van der Waals surface area contributed by atoms with Gasteiger partial charge in [0, 0.05) is 30.2 Å². The van der Waals surface area contributed by atoms with Crippen LogP contribution in [0.25, 0.3) is 0 Å². The van der Waals surface area contributed by atoms with E-state index in [1.54, 1.807) is 6.33 Å². The fourth-order valence-electron chi connectivity index (χ4n) is 1.79. The van der Waals surface area contributed by atoms with E-state index in [1.165, 1.54) is 11.1 Å². The van der Waals surface area contributed by atoms with E-state index in [-0.39, 0.29) is 16.2 Å². The van der Waals surface area contributed by atoms with Gasteiger partial charge in [-0.05, 0) is 22.0 Å². The molecule has 0 unspecified atom stereocenters. The Morgan fingerprint density at radius 1 is 0.542 bits per heavy atom. The summed E-state index contributed by atoms with van der Waals surface area (Å²) in [4.78, 5) is 16.7. The van der Waals surface area contributed by atoms with Gasteiger partial charge in [0.2, 0.25) is 0 Å². The van der Waals surface area contributed by atoms with Crippen molar-refractivity contribution in [3.05, 3.63) is 48.1 Å². The van der Waals surface area contributed by atoms with E-state index < -0.39 is 0 Å². The van der Waals surface area contributed by atoms with Crippen molar-refractivity contribution in [2.75, 3.05) is 0 Å². The molecule has 2 rings (SSSR count). The maximum atomic E-state index is 4.41. The quantitative estimate of drug-likeness (QED) is 0.694. The Kier molecular flexibility index (Phi) is 6.20. The van der Waals surface area contributed by atoms with Gasteiger partial charge in [0.1, 0.15) is 12.2 Å². The minimum absolute atomic E-state index is 0.0381. The summed E-state index contributed by atoms with van der Waals surface area (Å²) in [6, 6.07) is 0. The minimum Gasteiger partial charge on any atom is -0.245 e. The summed E-state index contributed by atoms with van der Waals surface area (Å²) >= 11 is 0.